The highest BCUT2D eigenvalue weighted by Crippen LogP contribution is 2.42. The summed E-state index contributed by atoms with van der Waals surface area (Å²) in [6.07, 6.45) is -9.65. The van der Waals surface area contributed by atoms with Crippen LogP contribution in [0.25, 0.3) is 0 Å². The summed E-state index contributed by atoms with van der Waals surface area (Å²) >= 11 is 0. The van der Waals surface area contributed by atoms with Crippen molar-refractivity contribution in [1.29, 1.82) is 0 Å². The normalized spacial score (nSPS) is 14.9. The highest BCUT2D eigenvalue weighted by molar-refractivity contribution is 7.86. The van der Waals surface area contributed by atoms with E-state index in [4.69, 9.17) is 0 Å². The third kappa shape index (κ3) is 7.13. The Balaban J connectivity index is 5.47. The predicted octanol–water partition coefficient (Wildman–Crippen LogP) is 2.07. The molecule has 186 valence electrons. The SMILES string of the molecule is C=CC(=O)OC(OCCCCC(F)(F)C(F)(F)S(=O)(=O)[O-])(C(=O)OCC(C)=O)C(F)(F)F. The van der Waals surface area contributed by atoms with Gasteiger partial charge >= 0.3 is 35.1 Å². The van der Waals surface area contributed by atoms with Gasteiger partial charge in [-0.25, -0.2) is 18.0 Å². The molecule has 0 amide bonds. The van der Waals surface area contributed by atoms with Crippen molar-refractivity contribution >= 4 is 27.8 Å². The zero-order valence-electron chi connectivity index (χ0n) is 16.0. The molecule has 0 N–H and O–H groups in total. The van der Waals surface area contributed by atoms with Crippen LogP contribution in [0.1, 0.15) is 26.2 Å². The monoisotopic (exact) mass is 505 g/mol. The molecule has 0 aromatic heterocycles. The number of rotatable bonds is 13. The van der Waals surface area contributed by atoms with Gasteiger partial charge in [0.1, 0.15) is 6.61 Å². The summed E-state index contributed by atoms with van der Waals surface area (Å²) in [4.78, 5) is 34.0. The van der Waals surface area contributed by atoms with Crippen LogP contribution in [0.2, 0.25) is 0 Å². The Morgan fingerprint density at radius 3 is 1.97 bits per heavy atom. The molecule has 0 aromatic carbocycles. The number of esters is 2. The van der Waals surface area contributed by atoms with E-state index < -0.39 is 83.5 Å². The number of alkyl halides is 7. The van der Waals surface area contributed by atoms with Gasteiger partial charge in [0.2, 0.25) is 0 Å². The Bertz CT molecular complexity index is 824. The molecule has 0 spiro atoms. The summed E-state index contributed by atoms with van der Waals surface area (Å²) in [6, 6.07) is 0. The van der Waals surface area contributed by atoms with Gasteiger partial charge in [-0.05, 0) is 19.8 Å². The first-order valence-electron chi connectivity index (χ1n) is 8.19. The highest BCUT2D eigenvalue weighted by Gasteiger charge is 2.67. The number of carbonyl (C=O) groups is 3. The molecule has 0 aromatic rings. The lowest BCUT2D eigenvalue weighted by Gasteiger charge is -2.32. The van der Waals surface area contributed by atoms with Gasteiger partial charge in [-0.1, -0.05) is 6.58 Å². The Morgan fingerprint density at radius 1 is 1.03 bits per heavy atom. The number of hydrogen-bond acceptors (Lipinski definition) is 9. The smallest absolute Gasteiger partial charge is 0.468 e. The number of hydrogen-bond donors (Lipinski definition) is 0. The second-order valence-electron chi connectivity index (χ2n) is 6.00. The molecule has 32 heavy (non-hydrogen) atoms. The summed E-state index contributed by atoms with van der Waals surface area (Å²) in [5, 5.41) is -5.99. The van der Waals surface area contributed by atoms with E-state index in [9.17, 15) is 58.1 Å². The molecule has 1 atom stereocenters. The van der Waals surface area contributed by atoms with Crippen molar-refractivity contribution in [2.24, 2.45) is 0 Å². The molecule has 0 fully saturated rings. The molecule has 0 rings (SSSR count). The van der Waals surface area contributed by atoms with E-state index in [2.05, 4.69) is 20.8 Å². The zero-order valence-corrected chi connectivity index (χ0v) is 16.9. The lowest BCUT2D eigenvalue weighted by atomic mass is 10.1. The Labute approximate surface area is 176 Å². The summed E-state index contributed by atoms with van der Waals surface area (Å²) in [5.41, 5.74) is 0. The fraction of sp³-hybridized carbons (Fsp3) is 0.667. The van der Waals surface area contributed by atoms with Crippen molar-refractivity contribution in [2.45, 2.75) is 49.3 Å². The third-order valence-corrected chi connectivity index (χ3v) is 4.32. The van der Waals surface area contributed by atoms with Crippen LogP contribution in [0.5, 0.6) is 0 Å². The minimum Gasteiger partial charge on any atom is -0.743 e. The third-order valence-electron chi connectivity index (χ3n) is 3.39. The molecular weight excluding hydrogens is 489 g/mol. The summed E-state index contributed by atoms with van der Waals surface area (Å²) < 4.78 is 136. The van der Waals surface area contributed by atoms with Gasteiger partial charge in [-0.15, -0.1) is 0 Å². The highest BCUT2D eigenvalue weighted by atomic mass is 32.2. The topological polar surface area (TPSA) is 136 Å². The van der Waals surface area contributed by atoms with Crippen molar-refractivity contribution in [1.82, 2.24) is 0 Å². The van der Waals surface area contributed by atoms with Gasteiger partial charge in [0, 0.05) is 12.5 Å². The molecule has 0 aliphatic rings. The number of Topliss-reactive ketones (excluding diaryl/α,β-unsaturated/α-hetero) is 1. The van der Waals surface area contributed by atoms with Crippen LogP contribution < -0.4 is 0 Å². The number of ether oxygens (including phenoxy) is 3. The Hall–Kier alpha value is -2.27. The molecule has 0 aliphatic carbocycles. The molecule has 0 saturated heterocycles. The lowest BCUT2D eigenvalue weighted by molar-refractivity contribution is -0.354. The van der Waals surface area contributed by atoms with Crippen LogP contribution in [0.3, 0.4) is 0 Å². The maximum atomic E-state index is 13.5. The first-order valence-corrected chi connectivity index (χ1v) is 9.60. The van der Waals surface area contributed by atoms with Crippen molar-refractivity contribution in [3.8, 4) is 0 Å². The van der Waals surface area contributed by atoms with E-state index >= 15 is 0 Å². The van der Waals surface area contributed by atoms with Crippen LogP contribution in [0.15, 0.2) is 12.7 Å². The molecule has 0 bridgehead atoms. The first kappa shape index (κ1) is 29.7. The van der Waals surface area contributed by atoms with E-state index in [0.29, 0.717) is 0 Å². The van der Waals surface area contributed by atoms with Crippen LogP contribution in [0, 0.1) is 0 Å². The first-order chi connectivity index (χ1) is 14.2. The molecule has 9 nitrogen and oxygen atoms in total. The van der Waals surface area contributed by atoms with E-state index in [1.54, 1.807) is 0 Å². The van der Waals surface area contributed by atoms with Gasteiger partial charge in [0.15, 0.2) is 15.9 Å². The standard InChI is InChI=1S/C15H17F7O9S/c1-3-10(24)31-13(14(18,19)20,11(25)29-8-9(2)23)30-7-5-4-6-12(16,17)15(21,22)32(26,27)28/h3H,1,4-8H2,2H3,(H,26,27,28)/p-1. The van der Waals surface area contributed by atoms with Gasteiger partial charge in [0.25, 0.3) is 0 Å². The minimum absolute atomic E-state index is 0.202. The summed E-state index contributed by atoms with van der Waals surface area (Å²) in [6.45, 7) is 1.13. The van der Waals surface area contributed by atoms with E-state index in [-0.39, 0.29) is 6.08 Å². The fourth-order valence-corrected chi connectivity index (χ4v) is 2.29. The average molecular weight is 505 g/mol. The molecule has 0 aliphatic heterocycles. The molecule has 0 heterocycles. The van der Waals surface area contributed by atoms with Crippen LogP contribution in [0.4, 0.5) is 30.7 Å². The number of ketones is 1. The van der Waals surface area contributed by atoms with Crippen molar-refractivity contribution in [3.63, 3.8) is 0 Å². The Morgan fingerprint density at radius 2 is 1.56 bits per heavy atom. The largest absolute Gasteiger partial charge is 0.743 e. The molecule has 17 heteroatoms. The maximum Gasteiger partial charge on any atom is 0.468 e. The summed E-state index contributed by atoms with van der Waals surface area (Å²) in [5.74, 6) is -15.0. The number of halogens is 7. The minimum atomic E-state index is -6.76. The van der Waals surface area contributed by atoms with Crippen molar-refractivity contribution in [2.75, 3.05) is 13.2 Å². The van der Waals surface area contributed by atoms with E-state index in [1.165, 1.54) is 0 Å². The predicted molar refractivity (Wildman–Crippen MR) is 86.1 cm³/mol. The van der Waals surface area contributed by atoms with E-state index in [0.717, 1.165) is 6.92 Å². The maximum absolute atomic E-state index is 13.5. The van der Waals surface area contributed by atoms with Crippen molar-refractivity contribution in [3.05, 3.63) is 12.7 Å². The van der Waals surface area contributed by atoms with Gasteiger partial charge in [-0.2, -0.15) is 30.7 Å². The molecule has 1 unspecified atom stereocenters. The van der Waals surface area contributed by atoms with Gasteiger partial charge in [-0.3, -0.25) is 4.79 Å². The molecule has 0 saturated carbocycles. The zero-order chi connectivity index (χ0) is 25.6. The second-order valence-corrected chi connectivity index (χ2v) is 7.42. The van der Waals surface area contributed by atoms with E-state index in [1.807, 2.05) is 0 Å². The number of unbranched alkanes of at least 4 members (excludes halogenated alkanes) is 1. The second kappa shape index (κ2) is 10.6. The molecule has 0 radical (unpaired) electrons. The summed E-state index contributed by atoms with van der Waals surface area (Å²) in [7, 11) is -6.76. The Kier molecular flexibility index (Phi) is 9.81. The average Bonchev–Trinajstić information content (AvgIpc) is 2.62. The quantitative estimate of drug-likeness (QED) is 0.0920. The fourth-order valence-electron chi connectivity index (χ4n) is 1.82. The van der Waals surface area contributed by atoms with Gasteiger partial charge < -0.3 is 18.8 Å². The van der Waals surface area contributed by atoms with Crippen LogP contribution in [-0.4, -0.2) is 67.0 Å². The van der Waals surface area contributed by atoms with Gasteiger partial charge in [0.05, 0.1) is 6.61 Å². The van der Waals surface area contributed by atoms with Crippen molar-refractivity contribution < 1.29 is 72.3 Å². The van der Waals surface area contributed by atoms with Crippen LogP contribution in [-0.2, 0) is 38.7 Å². The van der Waals surface area contributed by atoms with Crippen LogP contribution >= 0.6 is 0 Å². The molecular formula is C15H16F7O9S-. The number of carbonyl (C=O) groups excluding carboxylic acids is 3. The lowest BCUT2D eigenvalue weighted by Crippen LogP contribution is -2.58.